The van der Waals surface area contributed by atoms with Gasteiger partial charge < -0.3 is 4.57 Å². The van der Waals surface area contributed by atoms with Crippen LogP contribution in [0, 0.1) is 0 Å². The molecule has 184 valence electrons. The summed E-state index contributed by atoms with van der Waals surface area (Å²) >= 11 is 1.71. The van der Waals surface area contributed by atoms with Crippen molar-refractivity contribution in [2.75, 3.05) is 0 Å². The average Bonchev–Trinajstić information content (AvgIpc) is 3.75. The zero-order chi connectivity index (χ0) is 25.8. The molecule has 0 unspecified atom stereocenters. The van der Waals surface area contributed by atoms with E-state index in [-0.39, 0.29) is 0 Å². The van der Waals surface area contributed by atoms with Crippen molar-refractivity contribution in [1.82, 2.24) is 24.3 Å². The molecule has 4 aromatic heterocycles. The van der Waals surface area contributed by atoms with Gasteiger partial charge in [-0.2, -0.15) is 5.10 Å². The summed E-state index contributed by atoms with van der Waals surface area (Å²) in [7, 11) is 0. The van der Waals surface area contributed by atoms with E-state index < -0.39 is 0 Å². The fraction of sp³-hybridized carbons (Fsp3) is 0. The fourth-order valence-electron chi connectivity index (χ4n) is 5.40. The predicted octanol–water partition coefficient (Wildman–Crippen LogP) is 8.31. The predicted molar refractivity (Wildman–Crippen MR) is 160 cm³/mol. The van der Waals surface area contributed by atoms with Gasteiger partial charge in [0.1, 0.15) is 5.01 Å². The average molecular weight is 520 g/mol. The molecule has 39 heavy (non-hydrogen) atoms. The van der Waals surface area contributed by atoms with Gasteiger partial charge in [-0.05, 0) is 60.7 Å². The van der Waals surface area contributed by atoms with Crippen LogP contribution in [0.15, 0.2) is 128 Å². The first-order valence-corrected chi connectivity index (χ1v) is 13.6. The van der Waals surface area contributed by atoms with Crippen LogP contribution in [0.2, 0.25) is 0 Å². The van der Waals surface area contributed by atoms with Crippen molar-refractivity contribution in [2.45, 2.75) is 0 Å². The first-order valence-electron chi connectivity index (χ1n) is 12.8. The van der Waals surface area contributed by atoms with Crippen LogP contribution in [0.3, 0.4) is 0 Å². The van der Waals surface area contributed by atoms with E-state index in [1.54, 1.807) is 11.3 Å². The second-order valence-corrected chi connectivity index (χ2v) is 10.5. The number of fused-ring (bicyclic) bond motifs is 4. The number of rotatable bonds is 4. The Labute approximate surface area is 228 Å². The summed E-state index contributed by atoms with van der Waals surface area (Å²) in [5, 5.41) is 7.96. The summed E-state index contributed by atoms with van der Waals surface area (Å²) in [6.07, 6.45) is 5.67. The van der Waals surface area contributed by atoms with E-state index >= 15 is 0 Å². The molecule has 0 atom stereocenters. The summed E-state index contributed by atoms with van der Waals surface area (Å²) in [6.45, 7) is 0. The Kier molecular flexibility index (Phi) is 4.93. The van der Waals surface area contributed by atoms with Gasteiger partial charge in [0, 0.05) is 46.2 Å². The molecule has 8 aromatic rings. The second kappa shape index (κ2) is 8.75. The summed E-state index contributed by atoms with van der Waals surface area (Å²) in [5.74, 6) is 0. The number of benzene rings is 4. The summed E-state index contributed by atoms with van der Waals surface area (Å²) in [4.78, 5) is 9.58. The SMILES string of the molecule is c1ccc(-c2cccc(-n3c4ccccc4c4c(-n5cccn5)cc(-c5nc6ccccc6s5)cc43)c2)nc1. The van der Waals surface area contributed by atoms with Crippen molar-refractivity contribution in [1.29, 1.82) is 0 Å². The maximum Gasteiger partial charge on any atom is 0.124 e. The summed E-state index contributed by atoms with van der Waals surface area (Å²) in [6, 6.07) is 37.9. The molecule has 0 fully saturated rings. The molecule has 0 amide bonds. The maximum atomic E-state index is 4.99. The van der Waals surface area contributed by atoms with Crippen LogP contribution in [0.25, 0.3) is 65.2 Å². The number of hydrogen-bond acceptors (Lipinski definition) is 4. The molecule has 4 heterocycles. The largest absolute Gasteiger partial charge is 0.309 e. The molecule has 0 aliphatic carbocycles. The second-order valence-electron chi connectivity index (χ2n) is 9.44. The number of aromatic nitrogens is 5. The topological polar surface area (TPSA) is 48.5 Å². The smallest absolute Gasteiger partial charge is 0.124 e. The lowest BCUT2D eigenvalue weighted by atomic mass is 10.1. The van der Waals surface area contributed by atoms with E-state index in [0.29, 0.717) is 0 Å². The third kappa shape index (κ3) is 3.57. The number of para-hydroxylation sites is 2. The molecule has 0 aliphatic heterocycles. The van der Waals surface area contributed by atoms with Crippen LogP contribution < -0.4 is 0 Å². The summed E-state index contributed by atoms with van der Waals surface area (Å²) in [5.41, 5.74) is 8.47. The minimum Gasteiger partial charge on any atom is -0.309 e. The Morgan fingerprint density at radius 1 is 0.667 bits per heavy atom. The van der Waals surface area contributed by atoms with E-state index in [4.69, 9.17) is 4.98 Å². The molecule has 0 saturated carbocycles. The third-order valence-electron chi connectivity index (χ3n) is 7.11. The molecule has 4 aromatic carbocycles. The Morgan fingerprint density at radius 3 is 2.44 bits per heavy atom. The number of hydrogen-bond donors (Lipinski definition) is 0. The van der Waals surface area contributed by atoms with Crippen LogP contribution in [-0.4, -0.2) is 24.3 Å². The molecule has 0 spiro atoms. The minimum absolute atomic E-state index is 0.951. The molecule has 8 rings (SSSR count). The normalized spacial score (nSPS) is 11.6. The van der Waals surface area contributed by atoms with Gasteiger partial charge in [-0.25, -0.2) is 9.67 Å². The molecule has 0 aliphatic rings. The van der Waals surface area contributed by atoms with E-state index in [0.717, 1.165) is 55.1 Å². The molecule has 0 saturated heterocycles. The van der Waals surface area contributed by atoms with Gasteiger partial charge in [0.2, 0.25) is 0 Å². The highest BCUT2D eigenvalue weighted by molar-refractivity contribution is 7.21. The van der Waals surface area contributed by atoms with Gasteiger partial charge in [-0.1, -0.05) is 48.5 Å². The first kappa shape index (κ1) is 22.0. The van der Waals surface area contributed by atoms with Gasteiger partial charge in [-0.3, -0.25) is 4.98 Å². The zero-order valence-corrected chi connectivity index (χ0v) is 21.6. The summed E-state index contributed by atoms with van der Waals surface area (Å²) < 4.78 is 5.48. The van der Waals surface area contributed by atoms with Crippen molar-refractivity contribution >= 4 is 43.4 Å². The van der Waals surface area contributed by atoms with Crippen molar-refractivity contribution in [2.24, 2.45) is 0 Å². The quantitative estimate of drug-likeness (QED) is 0.235. The van der Waals surface area contributed by atoms with Crippen molar-refractivity contribution < 1.29 is 0 Å². The first-order chi connectivity index (χ1) is 19.3. The lowest BCUT2D eigenvalue weighted by molar-refractivity contribution is 0.888. The molecule has 0 radical (unpaired) electrons. The van der Waals surface area contributed by atoms with Gasteiger partial charge in [0.05, 0.1) is 32.6 Å². The highest BCUT2D eigenvalue weighted by atomic mass is 32.1. The van der Waals surface area contributed by atoms with Gasteiger partial charge in [0.15, 0.2) is 0 Å². The lowest BCUT2D eigenvalue weighted by Crippen LogP contribution is -1.98. The Morgan fingerprint density at radius 2 is 1.56 bits per heavy atom. The van der Waals surface area contributed by atoms with Crippen molar-refractivity contribution in [3.05, 3.63) is 128 Å². The third-order valence-corrected chi connectivity index (χ3v) is 8.19. The molecule has 0 N–H and O–H groups in total. The van der Waals surface area contributed by atoms with Crippen LogP contribution in [0.1, 0.15) is 0 Å². The molecule has 6 heteroatoms. The molecule has 0 bridgehead atoms. The van der Waals surface area contributed by atoms with E-state index in [9.17, 15) is 0 Å². The molecular formula is C33H21N5S. The molecule has 5 nitrogen and oxygen atoms in total. The van der Waals surface area contributed by atoms with E-state index in [1.807, 2.05) is 53.6 Å². The highest BCUT2D eigenvalue weighted by Crippen LogP contribution is 2.40. The van der Waals surface area contributed by atoms with Crippen molar-refractivity contribution in [3.63, 3.8) is 0 Å². The molecular weight excluding hydrogens is 498 g/mol. The van der Waals surface area contributed by atoms with E-state index in [2.05, 4.69) is 93.5 Å². The Bertz CT molecular complexity index is 2090. The fourth-order valence-corrected chi connectivity index (χ4v) is 6.35. The van der Waals surface area contributed by atoms with Crippen LogP contribution >= 0.6 is 11.3 Å². The van der Waals surface area contributed by atoms with Crippen LogP contribution in [0.4, 0.5) is 0 Å². The van der Waals surface area contributed by atoms with Crippen LogP contribution in [-0.2, 0) is 0 Å². The Balaban J connectivity index is 1.46. The lowest BCUT2D eigenvalue weighted by Gasteiger charge is -2.12. The number of nitrogens with zero attached hydrogens (tertiary/aromatic N) is 5. The standard InChI is InChI=1S/C33H21N5S/c1-3-14-28-25(11-1)32-29(37-18-8-17-35-37)20-23(33-36-27-13-2-4-15-31(27)39-33)21-30(32)38(28)24-10-7-9-22(19-24)26-12-5-6-16-34-26/h1-21H. The zero-order valence-electron chi connectivity index (χ0n) is 20.8. The van der Waals surface area contributed by atoms with Crippen molar-refractivity contribution in [3.8, 4) is 33.2 Å². The monoisotopic (exact) mass is 519 g/mol. The van der Waals surface area contributed by atoms with Gasteiger partial charge in [-0.15, -0.1) is 11.3 Å². The van der Waals surface area contributed by atoms with Crippen LogP contribution in [0.5, 0.6) is 0 Å². The Hall–Kier alpha value is -5.07. The van der Waals surface area contributed by atoms with Gasteiger partial charge >= 0.3 is 0 Å². The van der Waals surface area contributed by atoms with Gasteiger partial charge in [0.25, 0.3) is 0 Å². The van der Waals surface area contributed by atoms with E-state index in [1.165, 1.54) is 10.1 Å². The number of thiazole rings is 1. The highest BCUT2D eigenvalue weighted by Gasteiger charge is 2.20. The number of pyridine rings is 1. The maximum absolute atomic E-state index is 4.99. The minimum atomic E-state index is 0.951.